The second-order valence-electron chi connectivity index (χ2n) is 3.61. The standard InChI is InChI=1S/C13H14BrNS/c1-2-15-7-10-3-5-11(6-4-10)12-8-16-9-13(12)14/h3-6,8-9,15H,2,7H2,1H3. The van der Waals surface area contributed by atoms with Crippen LogP contribution in [0.25, 0.3) is 11.1 Å². The van der Waals surface area contributed by atoms with Crippen LogP contribution >= 0.6 is 27.3 Å². The summed E-state index contributed by atoms with van der Waals surface area (Å²) >= 11 is 5.28. The van der Waals surface area contributed by atoms with Gasteiger partial charge in [0.1, 0.15) is 0 Å². The van der Waals surface area contributed by atoms with Crippen molar-refractivity contribution in [3.05, 3.63) is 45.1 Å². The third kappa shape index (κ3) is 2.73. The summed E-state index contributed by atoms with van der Waals surface area (Å²) in [5.41, 5.74) is 3.88. The number of thiophene rings is 1. The van der Waals surface area contributed by atoms with Gasteiger partial charge < -0.3 is 5.32 Å². The van der Waals surface area contributed by atoms with Gasteiger partial charge in [-0.25, -0.2) is 0 Å². The molecule has 1 heterocycles. The van der Waals surface area contributed by atoms with Gasteiger partial charge in [-0.2, -0.15) is 11.3 Å². The molecule has 1 N–H and O–H groups in total. The van der Waals surface area contributed by atoms with Gasteiger partial charge in [0, 0.05) is 22.0 Å². The molecular weight excluding hydrogens is 282 g/mol. The van der Waals surface area contributed by atoms with E-state index in [0.717, 1.165) is 13.1 Å². The third-order valence-corrected chi connectivity index (χ3v) is 4.16. The first kappa shape index (κ1) is 11.8. The molecular formula is C13H14BrNS. The van der Waals surface area contributed by atoms with Crippen molar-refractivity contribution in [3.63, 3.8) is 0 Å². The minimum absolute atomic E-state index is 0.946. The maximum Gasteiger partial charge on any atom is 0.0360 e. The number of benzene rings is 1. The lowest BCUT2D eigenvalue weighted by Crippen LogP contribution is -2.11. The number of rotatable bonds is 4. The molecule has 1 aromatic carbocycles. The first-order chi connectivity index (χ1) is 7.81. The molecule has 0 aliphatic carbocycles. The second-order valence-corrected chi connectivity index (χ2v) is 5.21. The van der Waals surface area contributed by atoms with Crippen molar-refractivity contribution in [2.45, 2.75) is 13.5 Å². The highest BCUT2D eigenvalue weighted by Crippen LogP contribution is 2.31. The highest BCUT2D eigenvalue weighted by atomic mass is 79.9. The number of hydrogen-bond donors (Lipinski definition) is 1. The summed E-state index contributed by atoms with van der Waals surface area (Å²) in [7, 11) is 0. The van der Waals surface area contributed by atoms with Crippen molar-refractivity contribution in [3.8, 4) is 11.1 Å². The molecule has 2 rings (SSSR count). The van der Waals surface area contributed by atoms with Gasteiger partial charge in [-0.3, -0.25) is 0 Å². The third-order valence-electron chi connectivity index (χ3n) is 2.46. The summed E-state index contributed by atoms with van der Waals surface area (Å²) in [4.78, 5) is 0. The van der Waals surface area contributed by atoms with Gasteiger partial charge in [-0.1, -0.05) is 31.2 Å². The van der Waals surface area contributed by atoms with E-state index in [1.54, 1.807) is 11.3 Å². The molecule has 2 aromatic rings. The van der Waals surface area contributed by atoms with E-state index in [2.05, 4.69) is 63.2 Å². The van der Waals surface area contributed by atoms with E-state index >= 15 is 0 Å². The lowest BCUT2D eigenvalue weighted by Gasteiger charge is -2.04. The van der Waals surface area contributed by atoms with Crippen molar-refractivity contribution in [2.75, 3.05) is 6.54 Å². The summed E-state index contributed by atoms with van der Waals surface area (Å²) in [6, 6.07) is 8.73. The summed E-state index contributed by atoms with van der Waals surface area (Å²) in [6.07, 6.45) is 0. The minimum Gasteiger partial charge on any atom is -0.313 e. The van der Waals surface area contributed by atoms with Crippen molar-refractivity contribution in [2.24, 2.45) is 0 Å². The molecule has 0 atom stereocenters. The molecule has 3 heteroatoms. The van der Waals surface area contributed by atoms with Crippen LogP contribution in [-0.2, 0) is 6.54 Å². The van der Waals surface area contributed by atoms with Crippen LogP contribution in [0.15, 0.2) is 39.5 Å². The topological polar surface area (TPSA) is 12.0 Å². The molecule has 1 aromatic heterocycles. The fraction of sp³-hybridized carbons (Fsp3) is 0.231. The maximum absolute atomic E-state index is 3.56. The maximum atomic E-state index is 3.56. The van der Waals surface area contributed by atoms with Crippen LogP contribution in [0.4, 0.5) is 0 Å². The van der Waals surface area contributed by atoms with Crippen molar-refractivity contribution in [1.29, 1.82) is 0 Å². The summed E-state index contributed by atoms with van der Waals surface area (Å²) in [6.45, 7) is 4.08. The summed E-state index contributed by atoms with van der Waals surface area (Å²) in [5, 5.41) is 7.61. The zero-order valence-electron chi connectivity index (χ0n) is 9.16. The zero-order valence-corrected chi connectivity index (χ0v) is 11.6. The fourth-order valence-electron chi connectivity index (χ4n) is 1.56. The number of nitrogens with one attached hydrogen (secondary N) is 1. The second kappa shape index (κ2) is 5.62. The van der Waals surface area contributed by atoms with Crippen LogP contribution in [0.3, 0.4) is 0 Å². The quantitative estimate of drug-likeness (QED) is 0.887. The molecule has 0 bridgehead atoms. The van der Waals surface area contributed by atoms with Gasteiger partial charge in [0.15, 0.2) is 0 Å². The smallest absolute Gasteiger partial charge is 0.0360 e. The van der Waals surface area contributed by atoms with Gasteiger partial charge >= 0.3 is 0 Å². The normalized spacial score (nSPS) is 10.6. The molecule has 0 radical (unpaired) electrons. The molecule has 0 amide bonds. The Bertz CT molecular complexity index is 447. The molecule has 0 fully saturated rings. The predicted molar refractivity (Wildman–Crippen MR) is 74.8 cm³/mol. The van der Waals surface area contributed by atoms with Gasteiger partial charge in [0.05, 0.1) is 0 Å². The van der Waals surface area contributed by atoms with E-state index < -0.39 is 0 Å². The molecule has 0 saturated carbocycles. The van der Waals surface area contributed by atoms with Crippen LogP contribution in [-0.4, -0.2) is 6.54 Å². The molecule has 0 saturated heterocycles. The minimum atomic E-state index is 0.946. The molecule has 1 nitrogen and oxygen atoms in total. The summed E-state index contributed by atoms with van der Waals surface area (Å²) in [5.74, 6) is 0. The highest BCUT2D eigenvalue weighted by Gasteiger charge is 2.03. The average Bonchev–Trinajstić information content (AvgIpc) is 2.74. The Labute approximate surface area is 109 Å². The molecule has 16 heavy (non-hydrogen) atoms. The lowest BCUT2D eigenvalue weighted by atomic mass is 10.1. The van der Waals surface area contributed by atoms with Gasteiger partial charge in [-0.15, -0.1) is 0 Å². The van der Waals surface area contributed by atoms with E-state index in [0.29, 0.717) is 0 Å². The van der Waals surface area contributed by atoms with Crippen LogP contribution in [0, 0.1) is 0 Å². The lowest BCUT2D eigenvalue weighted by molar-refractivity contribution is 0.727. The van der Waals surface area contributed by atoms with E-state index in [9.17, 15) is 0 Å². The van der Waals surface area contributed by atoms with E-state index in [4.69, 9.17) is 0 Å². The van der Waals surface area contributed by atoms with Gasteiger partial charge in [0.2, 0.25) is 0 Å². The van der Waals surface area contributed by atoms with Crippen molar-refractivity contribution < 1.29 is 0 Å². The van der Waals surface area contributed by atoms with Crippen LogP contribution in [0.1, 0.15) is 12.5 Å². The Balaban J connectivity index is 2.16. The van der Waals surface area contributed by atoms with Crippen molar-refractivity contribution >= 4 is 27.3 Å². The largest absolute Gasteiger partial charge is 0.313 e. The Morgan fingerprint density at radius 3 is 2.50 bits per heavy atom. The van der Waals surface area contributed by atoms with Gasteiger partial charge in [-0.05, 0) is 39.0 Å². The molecule has 0 aliphatic rings. The Morgan fingerprint density at radius 2 is 1.94 bits per heavy atom. The molecule has 84 valence electrons. The zero-order chi connectivity index (χ0) is 11.4. The number of halogens is 1. The predicted octanol–water partition coefficient (Wildman–Crippen LogP) is 4.29. The average molecular weight is 296 g/mol. The first-order valence-corrected chi connectivity index (χ1v) is 7.06. The van der Waals surface area contributed by atoms with Crippen molar-refractivity contribution in [1.82, 2.24) is 5.32 Å². The highest BCUT2D eigenvalue weighted by molar-refractivity contribution is 9.10. The summed E-state index contributed by atoms with van der Waals surface area (Å²) < 4.78 is 1.18. The number of hydrogen-bond acceptors (Lipinski definition) is 2. The van der Waals surface area contributed by atoms with Gasteiger partial charge in [0.25, 0.3) is 0 Å². The monoisotopic (exact) mass is 295 g/mol. The molecule has 0 aliphatic heterocycles. The molecule has 0 unspecified atom stereocenters. The van der Waals surface area contributed by atoms with E-state index in [-0.39, 0.29) is 0 Å². The molecule has 0 spiro atoms. The Kier molecular flexibility index (Phi) is 4.16. The van der Waals surface area contributed by atoms with Crippen LogP contribution < -0.4 is 5.32 Å². The van der Waals surface area contributed by atoms with Crippen LogP contribution in [0.5, 0.6) is 0 Å². The Hall–Kier alpha value is -0.640. The SMILES string of the molecule is CCNCc1ccc(-c2cscc2Br)cc1. The van der Waals surface area contributed by atoms with E-state index in [1.165, 1.54) is 21.2 Å². The van der Waals surface area contributed by atoms with Crippen LogP contribution in [0.2, 0.25) is 0 Å². The fourth-order valence-corrected chi connectivity index (χ4v) is 3.09. The first-order valence-electron chi connectivity index (χ1n) is 5.33. The Morgan fingerprint density at radius 1 is 1.19 bits per heavy atom. The van der Waals surface area contributed by atoms with E-state index in [1.807, 2.05) is 0 Å².